The Balaban J connectivity index is 1.74. The Morgan fingerprint density at radius 2 is 1.80 bits per heavy atom. The number of hydrogen-bond donors (Lipinski definition) is 0. The molecule has 0 aliphatic carbocycles. The molecule has 10 heteroatoms. The van der Waals surface area contributed by atoms with E-state index in [1.165, 1.54) is 16.8 Å². The number of rotatable bonds is 4. The van der Waals surface area contributed by atoms with Crippen LogP contribution in [0.4, 0.5) is 0 Å². The number of amides is 1. The van der Waals surface area contributed by atoms with Gasteiger partial charge in [0, 0.05) is 39.1 Å². The topological polar surface area (TPSA) is 101 Å². The molecule has 0 unspecified atom stereocenters. The summed E-state index contributed by atoms with van der Waals surface area (Å²) >= 11 is 0. The van der Waals surface area contributed by atoms with Crippen molar-refractivity contribution < 1.29 is 13.2 Å². The van der Waals surface area contributed by atoms with Crippen molar-refractivity contribution in [2.75, 3.05) is 19.6 Å². The molecular weight excluding hydrogens is 404 g/mol. The molecule has 162 valence electrons. The summed E-state index contributed by atoms with van der Waals surface area (Å²) in [5, 5.41) is 0.0200. The Hall–Kier alpha value is -2.33. The van der Waals surface area contributed by atoms with Gasteiger partial charge in [0.15, 0.2) is 5.03 Å². The number of imidazole rings is 1. The maximum Gasteiger partial charge on any atom is 0.262 e. The number of aryl methyl sites for hydroxylation is 2. The van der Waals surface area contributed by atoms with Gasteiger partial charge in [0.05, 0.1) is 23.6 Å². The molecule has 0 radical (unpaired) electrons. The average Bonchev–Trinajstić information content (AvgIpc) is 3.21. The molecule has 2 saturated heterocycles. The van der Waals surface area contributed by atoms with Crippen LogP contribution in [0.1, 0.15) is 66.4 Å². The van der Waals surface area contributed by atoms with Crippen molar-refractivity contribution in [2.45, 2.75) is 56.5 Å². The lowest BCUT2D eigenvalue weighted by atomic mass is 9.97. The zero-order valence-electron chi connectivity index (χ0n) is 17.5. The first-order chi connectivity index (χ1) is 14.4. The Bertz CT molecular complexity index is 1030. The summed E-state index contributed by atoms with van der Waals surface area (Å²) < 4.78 is 29.8. The van der Waals surface area contributed by atoms with E-state index in [4.69, 9.17) is 0 Å². The van der Waals surface area contributed by atoms with Crippen LogP contribution in [0.2, 0.25) is 0 Å². The van der Waals surface area contributed by atoms with E-state index in [-0.39, 0.29) is 10.9 Å². The van der Waals surface area contributed by atoms with Crippen molar-refractivity contribution in [1.82, 2.24) is 28.7 Å². The minimum absolute atomic E-state index is 0.0200. The number of aromatic nitrogens is 4. The molecule has 0 spiro atoms. The van der Waals surface area contributed by atoms with Crippen molar-refractivity contribution in [3.63, 3.8) is 0 Å². The lowest BCUT2D eigenvalue weighted by molar-refractivity contribution is 0.0719. The fourth-order valence-corrected chi connectivity index (χ4v) is 5.91. The highest BCUT2D eigenvalue weighted by molar-refractivity contribution is 7.89. The van der Waals surface area contributed by atoms with E-state index < -0.39 is 16.1 Å². The first-order valence-electron chi connectivity index (χ1n) is 10.5. The molecule has 30 heavy (non-hydrogen) atoms. The molecule has 0 N–H and O–H groups in total. The molecule has 1 atom stereocenters. The van der Waals surface area contributed by atoms with Gasteiger partial charge in [0.1, 0.15) is 5.82 Å². The summed E-state index contributed by atoms with van der Waals surface area (Å²) in [6, 6.07) is -0.504. The quantitative estimate of drug-likeness (QED) is 0.733. The van der Waals surface area contributed by atoms with E-state index in [2.05, 4.69) is 15.0 Å². The maximum absolute atomic E-state index is 13.4. The minimum atomic E-state index is -3.80. The fourth-order valence-electron chi connectivity index (χ4n) is 4.28. The van der Waals surface area contributed by atoms with E-state index in [1.807, 2.05) is 4.90 Å². The molecule has 0 aromatic carbocycles. The minimum Gasteiger partial charge on any atom is -0.339 e. The summed E-state index contributed by atoms with van der Waals surface area (Å²) in [5.74, 6) is 0.423. The monoisotopic (exact) mass is 432 g/mol. The number of nitrogens with zero attached hydrogens (tertiary/aromatic N) is 6. The predicted octanol–water partition coefficient (Wildman–Crippen LogP) is 2.06. The molecule has 4 rings (SSSR count). The first kappa shape index (κ1) is 20.9. The smallest absolute Gasteiger partial charge is 0.262 e. The Morgan fingerprint density at radius 3 is 2.50 bits per heavy atom. The SMILES string of the molecule is Cc1ncc(C(=O)N2CCCCC2)c([C@@H]2CCCCN2S(=O)(=O)c2cn(C)cn2)n1. The Labute approximate surface area is 177 Å². The molecule has 9 nitrogen and oxygen atoms in total. The molecule has 0 saturated carbocycles. The number of piperidine rings is 2. The predicted molar refractivity (Wildman–Crippen MR) is 110 cm³/mol. The van der Waals surface area contributed by atoms with Crippen LogP contribution in [0.25, 0.3) is 0 Å². The lowest BCUT2D eigenvalue weighted by Crippen LogP contribution is -2.41. The first-order valence-corrected chi connectivity index (χ1v) is 11.9. The molecule has 2 aliphatic rings. The summed E-state index contributed by atoms with van der Waals surface area (Å²) in [5.41, 5.74) is 0.924. The Kier molecular flexibility index (Phi) is 5.88. The summed E-state index contributed by atoms with van der Waals surface area (Å²) in [7, 11) is -2.06. The highest BCUT2D eigenvalue weighted by Crippen LogP contribution is 2.36. The third-order valence-electron chi connectivity index (χ3n) is 5.84. The van der Waals surface area contributed by atoms with E-state index in [1.54, 1.807) is 24.7 Å². The van der Waals surface area contributed by atoms with Gasteiger partial charge in [-0.3, -0.25) is 4.79 Å². The van der Waals surface area contributed by atoms with Gasteiger partial charge in [-0.1, -0.05) is 6.42 Å². The van der Waals surface area contributed by atoms with E-state index >= 15 is 0 Å². The third-order valence-corrected chi connectivity index (χ3v) is 7.63. The van der Waals surface area contributed by atoms with E-state index in [0.29, 0.717) is 43.1 Å². The number of carbonyl (C=O) groups excluding carboxylic acids is 1. The van der Waals surface area contributed by atoms with Gasteiger partial charge in [0.25, 0.3) is 15.9 Å². The fraction of sp³-hybridized carbons (Fsp3) is 0.600. The second-order valence-corrected chi connectivity index (χ2v) is 9.91. The molecular formula is C20H28N6O3S. The van der Waals surface area contributed by atoms with E-state index in [9.17, 15) is 13.2 Å². The molecule has 2 aromatic rings. The van der Waals surface area contributed by atoms with Crippen LogP contribution >= 0.6 is 0 Å². The molecule has 2 aliphatic heterocycles. The normalized spacial score (nSPS) is 21.0. The van der Waals surface area contributed by atoms with Gasteiger partial charge in [-0.2, -0.15) is 4.31 Å². The van der Waals surface area contributed by atoms with Crippen LogP contribution in [0.15, 0.2) is 23.7 Å². The van der Waals surface area contributed by atoms with Crippen molar-refractivity contribution in [1.29, 1.82) is 0 Å². The highest BCUT2D eigenvalue weighted by Gasteiger charge is 2.39. The number of hydrogen-bond acceptors (Lipinski definition) is 6. The summed E-state index contributed by atoms with van der Waals surface area (Å²) in [4.78, 5) is 28.0. The van der Waals surface area contributed by atoms with Crippen LogP contribution in [0, 0.1) is 6.92 Å². The maximum atomic E-state index is 13.4. The zero-order chi connectivity index (χ0) is 21.3. The standard InChI is InChI=1S/C20H28N6O3S/c1-15-21-12-16(20(27)25-9-5-3-6-10-25)19(23-15)17-8-4-7-11-26(17)30(28,29)18-13-24(2)14-22-18/h12-14,17H,3-11H2,1-2H3/t17-/m0/s1. The van der Waals surface area contributed by atoms with Crippen LogP contribution in [0.5, 0.6) is 0 Å². The van der Waals surface area contributed by atoms with Crippen molar-refractivity contribution in [3.05, 3.63) is 35.8 Å². The Morgan fingerprint density at radius 1 is 1.07 bits per heavy atom. The van der Waals surface area contributed by atoms with Gasteiger partial charge in [0.2, 0.25) is 0 Å². The van der Waals surface area contributed by atoms with Crippen molar-refractivity contribution in [3.8, 4) is 0 Å². The van der Waals surface area contributed by atoms with Gasteiger partial charge in [-0.25, -0.2) is 23.4 Å². The second-order valence-electron chi connectivity index (χ2n) is 8.07. The summed E-state index contributed by atoms with van der Waals surface area (Å²) in [6.45, 7) is 3.57. The molecule has 2 aromatic heterocycles. The van der Waals surface area contributed by atoms with E-state index in [0.717, 1.165) is 32.1 Å². The van der Waals surface area contributed by atoms with Crippen LogP contribution in [-0.4, -0.2) is 62.7 Å². The van der Waals surface area contributed by atoms with Crippen molar-refractivity contribution in [2.24, 2.45) is 7.05 Å². The number of sulfonamides is 1. The molecule has 1 amide bonds. The van der Waals surface area contributed by atoms with Gasteiger partial charge >= 0.3 is 0 Å². The molecule has 0 bridgehead atoms. The van der Waals surface area contributed by atoms with Crippen LogP contribution in [-0.2, 0) is 17.1 Å². The molecule has 2 fully saturated rings. The largest absolute Gasteiger partial charge is 0.339 e. The van der Waals surface area contributed by atoms with Crippen LogP contribution in [0.3, 0.4) is 0 Å². The van der Waals surface area contributed by atoms with Gasteiger partial charge in [-0.05, 0) is 39.0 Å². The number of carbonyl (C=O) groups is 1. The zero-order valence-corrected chi connectivity index (χ0v) is 18.3. The second kappa shape index (κ2) is 8.43. The molecule has 4 heterocycles. The third kappa shape index (κ3) is 3.98. The lowest BCUT2D eigenvalue weighted by Gasteiger charge is -2.35. The van der Waals surface area contributed by atoms with Crippen molar-refractivity contribution >= 4 is 15.9 Å². The number of likely N-dealkylation sites (tertiary alicyclic amines) is 1. The summed E-state index contributed by atoms with van der Waals surface area (Å²) in [6.07, 6.45) is 9.89. The van der Waals surface area contributed by atoms with Gasteiger partial charge in [-0.15, -0.1) is 0 Å². The van der Waals surface area contributed by atoms with Crippen LogP contribution < -0.4 is 0 Å². The average molecular weight is 433 g/mol. The highest BCUT2D eigenvalue weighted by atomic mass is 32.2. The van der Waals surface area contributed by atoms with Gasteiger partial charge < -0.3 is 9.47 Å².